The molecule has 3 aromatic rings. The Kier molecular flexibility index (Phi) is 8.10. The average molecular weight is 557 g/mol. The number of esters is 1. The summed E-state index contributed by atoms with van der Waals surface area (Å²) >= 11 is 11.8. The second-order valence-electron chi connectivity index (χ2n) is 8.18. The fourth-order valence-corrected chi connectivity index (χ4v) is 6.42. The van der Waals surface area contributed by atoms with E-state index in [1.807, 2.05) is 13.0 Å². The molecule has 1 fully saturated rings. The Morgan fingerprint density at radius 2 is 2.11 bits per heavy atom. The summed E-state index contributed by atoms with van der Waals surface area (Å²) in [6.07, 6.45) is -0.822. The van der Waals surface area contributed by atoms with Crippen LogP contribution in [0.2, 0.25) is 5.15 Å². The van der Waals surface area contributed by atoms with Crippen molar-refractivity contribution in [1.29, 1.82) is 0 Å². The number of para-hydroxylation sites is 1. The van der Waals surface area contributed by atoms with Crippen molar-refractivity contribution in [2.75, 3.05) is 19.5 Å². The van der Waals surface area contributed by atoms with Crippen molar-refractivity contribution in [2.45, 2.75) is 38.3 Å². The van der Waals surface area contributed by atoms with Crippen LogP contribution in [0.1, 0.15) is 20.1 Å². The Labute approximate surface area is 217 Å². The van der Waals surface area contributed by atoms with Gasteiger partial charge in [-0.1, -0.05) is 36.7 Å². The molecule has 194 valence electrons. The van der Waals surface area contributed by atoms with Crippen molar-refractivity contribution in [3.05, 3.63) is 41.8 Å². The summed E-state index contributed by atoms with van der Waals surface area (Å²) in [6, 6.07) is 8.04. The normalized spacial score (nSPS) is 24.4. The molecule has 1 saturated heterocycles. The molecule has 0 radical (unpaired) electrons. The third-order valence-electron chi connectivity index (χ3n) is 5.64. The number of aliphatic hydroxyl groups excluding tert-OH is 1. The largest absolute Gasteiger partial charge is 0.468 e. The number of rotatable bonds is 9. The Hall–Kier alpha value is -2.38. The van der Waals surface area contributed by atoms with Gasteiger partial charge in [0.25, 0.3) is 0 Å². The van der Waals surface area contributed by atoms with Crippen molar-refractivity contribution in [1.82, 2.24) is 24.6 Å². The zero-order valence-corrected chi connectivity index (χ0v) is 22.1. The highest BCUT2D eigenvalue weighted by Gasteiger charge is 2.44. The lowest BCUT2D eigenvalue weighted by molar-refractivity contribution is -0.142. The molecule has 1 aromatic carbocycles. The summed E-state index contributed by atoms with van der Waals surface area (Å²) in [4.78, 5) is 24.4. The first-order valence-corrected chi connectivity index (χ1v) is 14.0. The lowest BCUT2D eigenvalue weighted by Gasteiger charge is -2.27. The molecule has 0 aliphatic carbocycles. The standard InChI is InChI=1S/C21H26ClN6O6PS/c1-11-16(29)14(33-19(11)28-10-24-15-17(22)25-21(23)26-18(15)28)9-32-35(36,27-12(2)20(30)31-3)34-13-7-5-4-6-8-13/h4-8,10-12,14,16,19,29H,9H2,1-3H3,(H,27,36)(H2,23,25,26)/t11-,12?,14+,16?,19+,35?/m0/s1. The molecule has 3 heterocycles. The molecule has 0 amide bonds. The molecule has 1 aliphatic rings. The van der Waals surface area contributed by atoms with Gasteiger partial charge in [0.2, 0.25) is 5.95 Å². The third kappa shape index (κ3) is 5.62. The number of nitrogens with zero attached hydrogens (tertiary/aromatic N) is 4. The first kappa shape index (κ1) is 26.7. The lowest BCUT2D eigenvalue weighted by atomic mass is 10.0. The third-order valence-corrected chi connectivity index (χ3v) is 8.40. The van der Waals surface area contributed by atoms with E-state index in [-0.39, 0.29) is 23.6 Å². The molecule has 3 unspecified atom stereocenters. The van der Waals surface area contributed by atoms with E-state index in [9.17, 15) is 9.90 Å². The smallest absolute Gasteiger partial charge is 0.323 e. The number of carbonyl (C=O) groups excluding carboxylic acids is 1. The number of imidazole rings is 1. The molecule has 15 heteroatoms. The van der Waals surface area contributed by atoms with Gasteiger partial charge in [0.15, 0.2) is 10.8 Å². The summed E-state index contributed by atoms with van der Waals surface area (Å²) in [5.74, 6) is -0.448. The Bertz CT molecular complexity index is 1280. The molecular formula is C21H26ClN6O6PS. The number of nitrogens with two attached hydrogens (primary N) is 1. The van der Waals surface area contributed by atoms with Crippen molar-refractivity contribution in [3.8, 4) is 5.75 Å². The van der Waals surface area contributed by atoms with E-state index < -0.39 is 37.1 Å². The van der Waals surface area contributed by atoms with Crippen LogP contribution >= 0.6 is 18.2 Å². The SMILES string of the molecule is COC(=O)C(C)NP(=S)(OC[C@H]1O[C@@H](n2cnc3c(Cl)nc(N)nc32)[C@@H](C)C1O)Oc1ccccc1. The summed E-state index contributed by atoms with van der Waals surface area (Å²) in [5.41, 5.74) is 6.49. The maximum absolute atomic E-state index is 12.0. The van der Waals surface area contributed by atoms with Gasteiger partial charge in [-0.15, -0.1) is 0 Å². The van der Waals surface area contributed by atoms with E-state index in [1.54, 1.807) is 35.8 Å². The fraction of sp³-hybridized carbons (Fsp3) is 0.429. The molecular weight excluding hydrogens is 531 g/mol. The van der Waals surface area contributed by atoms with Crippen LogP contribution in [-0.4, -0.2) is 62.6 Å². The molecule has 0 spiro atoms. The number of halogens is 1. The number of methoxy groups -OCH3 is 1. The van der Waals surface area contributed by atoms with Gasteiger partial charge in [-0.3, -0.25) is 9.36 Å². The molecule has 0 bridgehead atoms. The maximum Gasteiger partial charge on any atom is 0.323 e. The summed E-state index contributed by atoms with van der Waals surface area (Å²) in [5, 5.41) is 14.0. The first-order chi connectivity index (χ1) is 17.1. The van der Waals surface area contributed by atoms with E-state index in [4.69, 9.17) is 47.7 Å². The second kappa shape index (κ2) is 10.9. The number of aliphatic hydroxyl groups is 1. The molecule has 0 saturated carbocycles. The van der Waals surface area contributed by atoms with Crippen molar-refractivity contribution in [3.63, 3.8) is 0 Å². The lowest BCUT2D eigenvalue weighted by Crippen LogP contribution is -2.36. The fourth-order valence-electron chi connectivity index (χ4n) is 3.78. The molecule has 1 aliphatic heterocycles. The number of carbonyl (C=O) groups is 1. The Morgan fingerprint density at radius 3 is 2.81 bits per heavy atom. The van der Waals surface area contributed by atoms with Crippen molar-refractivity contribution in [2.24, 2.45) is 5.92 Å². The number of hydrogen-bond donors (Lipinski definition) is 3. The zero-order chi connectivity index (χ0) is 26.0. The van der Waals surface area contributed by atoms with Gasteiger partial charge >= 0.3 is 12.6 Å². The van der Waals surface area contributed by atoms with E-state index in [1.165, 1.54) is 13.4 Å². The molecule has 4 rings (SSSR count). The minimum atomic E-state index is -3.28. The van der Waals surface area contributed by atoms with Gasteiger partial charge in [-0.2, -0.15) is 9.97 Å². The first-order valence-electron chi connectivity index (χ1n) is 11.0. The van der Waals surface area contributed by atoms with Gasteiger partial charge in [-0.05, 0) is 30.9 Å². The predicted octanol–water partition coefficient (Wildman–Crippen LogP) is 2.43. The number of hydrogen-bond acceptors (Lipinski definition) is 11. The molecule has 36 heavy (non-hydrogen) atoms. The van der Waals surface area contributed by atoms with Gasteiger partial charge in [0.05, 0.1) is 26.1 Å². The van der Waals surface area contributed by atoms with Crippen molar-refractivity contribution < 1.29 is 28.4 Å². The van der Waals surface area contributed by atoms with Gasteiger partial charge in [0, 0.05) is 5.92 Å². The van der Waals surface area contributed by atoms with Crippen LogP contribution < -0.4 is 15.3 Å². The van der Waals surface area contributed by atoms with E-state index in [0.717, 1.165) is 0 Å². The van der Waals surface area contributed by atoms with Crippen LogP contribution in [0.5, 0.6) is 5.75 Å². The van der Waals surface area contributed by atoms with E-state index >= 15 is 0 Å². The Balaban J connectivity index is 1.52. The highest BCUT2D eigenvalue weighted by Crippen LogP contribution is 2.47. The zero-order valence-electron chi connectivity index (χ0n) is 19.6. The van der Waals surface area contributed by atoms with Crippen LogP contribution in [0.25, 0.3) is 11.2 Å². The molecule has 6 atom stereocenters. The topological polar surface area (TPSA) is 156 Å². The van der Waals surface area contributed by atoms with Crippen LogP contribution in [0.15, 0.2) is 36.7 Å². The number of fused-ring (bicyclic) bond motifs is 1. The Morgan fingerprint density at radius 1 is 1.39 bits per heavy atom. The van der Waals surface area contributed by atoms with Gasteiger partial charge < -0.3 is 29.4 Å². The van der Waals surface area contributed by atoms with Crippen LogP contribution in [0, 0.1) is 5.92 Å². The number of aromatic nitrogens is 4. The minimum Gasteiger partial charge on any atom is -0.468 e. The number of benzene rings is 1. The highest BCUT2D eigenvalue weighted by atomic mass is 35.5. The van der Waals surface area contributed by atoms with E-state index in [0.29, 0.717) is 16.9 Å². The molecule has 4 N–H and O–H groups in total. The van der Waals surface area contributed by atoms with E-state index in [2.05, 4.69) is 20.0 Å². The molecule has 12 nitrogen and oxygen atoms in total. The minimum absolute atomic E-state index is 0.00937. The van der Waals surface area contributed by atoms with Gasteiger partial charge in [-0.25, -0.2) is 10.1 Å². The average Bonchev–Trinajstić information content (AvgIpc) is 3.38. The van der Waals surface area contributed by atoms with Crippen LogP contribution in [0.3, 0.4) is 0 Å². The van der Waals surface area contributed by atoms with Gasteiger partial charge in [0.1, 0.15) is 29.6 Å². The maximum atomic E-state index is 12.0. The number of nitrogens with one attached hydrogen (secondary N) is 1. The number of ether oxygens (including phenoxy) is 2. The van der Waals surface area contributed by atoms with Crippen LogP contribution in [0.4, 0.5) is 5.95 Å². The van der Waals surface area contributed by atoms with Crippen LogP contribution in [-0.2, 0) is 30.6 Å². The number of anilines is 1. The summed E-state index contributed by atoms with van der Waals surface area (Å²) < 4.78 is 24.5. The second-order valence-corrected chi connectivity index (χ2v) is 11.7. The highest BCUT2D eigenvalue weighted by molar-refractivity contribution is 8.09. The summed E-state index contributed by atoms with van der Waals surface area (Å²) in [6.45, 7) is 0.0195. The van der Waals surface area contributed by atoms with Crippen molar-refractivity contribution >= 4 is 53.1 Å². The predicted molar refractivity (Wildman–Crippen MR) is 136 cm³/mol. The monoisotopic (exact) mass is 556 g/mol. The number of nitrogen functional groups attached to an aromatic ring is 1. The summed E-state index contributed by atoms with van der Waals surface area (Å²) in [7, 11) is 1.28. The quantitative estimate of drug-likeness (QED) is 0.201. The molecule has 2 aromatic heterocycles.